The van der Waals surface area contributed by atoms with Gasteiger partial charge in [-0.05, 0) is 18.2 Å². The van der Waals surface area contributed by atoms with E-state index < -0.39 is 0 Å². The Morgan fingerprint density at radius 2 is 2.07 bits per heavy atom. The van der Waals surface area contributed by atoms with Gasteiger partial charge in [0.15, 0.2) is 0 Å². The quantitative estimate of drug-likeness (QED) is 0.846. The normalized spacial score (nSPS) is 18.3. The molecule has 0 spiro atoms. The summed E-state index contributed by atoms with van der Waals surface area (Å²) < 4.78 is 17.1. The topological polar surface area (TPSA) is 27.7 Å². The fraction of sp³-hybridized carbons (Fsp3) is 0.455. The van der Waals surface area contributed by atoms with Crippen molar-refractivity contribution in [2.45, 2.75) is 5.60 Å². The Kier molecular flexibility index (Phi) is 3.00. The average Bonchev–Trinajstić information content (AvgIpc) is 2.17. The lowest BCUT2D eigenvalue weighted by Gasteiger charge is -2.41. The van der Waals surface area contributed by atoms with Crippen LogP contribution in [0.4, 0.5) is 0 Å². The first-order chi connectivity index (χ1) is 7.22. The van der Waals surface area contributed by atoms with E-state index in [1.54, 1.807) is 14.2 Å². The minimum Gasteiger partial charge on any atom is -0.496 e. The predicted octanol–water partition coefficient (Wildman–Crippen LogP) is 2.33. The van der Waals surface area contributed by atoms with E-state index in [-0.39, 0.29) is 5.60 Å². The van der Waals surface area contributed by atoms with E-state index in [1.165, 1.54) is 0 Å². The van der Waals surface area contributed by atoms with E-state index in [4.69, 9.17) is 14.2 Å². The SMILES string of the molecule is COc1ccc(Br)cc1C1(OC)COC1. The molecule has 1 heterocycles. The zero-order valence-electron chi connectivity index (χ0n) is 8.75. The fourth-order valence-electron chi connectivity index (χ4n) is 1.71. The molecule has 0 atom stereocenters. The average molecular weight is 273 g/mol. The Morgan fingerprint density at radius 3 is 2.53 bits per heavy atom. The molecule has 1 aromatic rings. The van der Waals surface area contributed by atoms with Gasteiger partial charge in [-0.25, -0.2) is 0 Å². The summed E-state index contributed by atoms with van der Waals surface area (Å²) in [5.41, 5.74) is 0.697. The number of methoxy groups -OCH3 is 2. The van der Waals surface area contributed by atoms with E-state index in [2.05, 4.69) is 15.9 Å². The van der Waals surface area contributed by atoms with Crippen LogP contribution >= 0.6 is 15.9 Å². The Labute approximate surface area is 97.5 Å². The van der Waals surface area contributed by atoms with Crippen LogP contribution in [-0.2, 0) is 15.1 Å². The van der Waals surface area contributed by atoms with Crippen LogP contribution in [0.5, 0.6) is 5.75 Å². The Hall–Kier alpha value is -0.580. The highest BCUT2D eigenvalue weighted by Crippen LogP contribution is 2.39. The molecular weight excluding hydrogens is 260 g/mol. The molecule has 1 fully saturated rings. The fourth-order valence-corrected chi connectivity index (χ4v) is 2.07. The molecule has 1 aromatic carbocycles. The van der Waals surface area contributed by atoms with E-state index in [0.29, 0.717) is 13.2 Å². The maximum Gasteiger partial charge on any atom is 0.143 e. The summed E-state index contributed by atoms with van der Waals surface area (Å²) >= 11 is 3.45. The lowest BCUT2D eigenvalue weighted by molar-refractivity contribution is -0.203. The first-order valence-corrected chi connectivity index (χ1v) is 5.48. The van der Waals surface area contributed by atoms with Crippen LogP contribution in [0.3, 0.4) is 0 Å². The molecule has 0 aromatic heterocycles. The van der Waals surface area contributed by atoms with Gasteiger partial charge >= 0.3 is 0 Å². The summed E-state index contributed by atoms with van der Waals surface area (Å²) in [6.07, 6.45) is 0. The van der Waals surface area contributed by atoms with Crippen LogP contribution in [0.2, 0.25) is 0 Å². The number of rotatable bonds is 3. The van der Waals surface area contributed by atoms with Gasteiger partial charge in [0.2, 0.25) is 0 Å². The third-order valence-electron chi connectivity index (χ3n) is 2.71. The second-order valence-corrected chi connectivity index (χ2v) is 4.45. The third kappa shape index (κ3) is 1.77. The van der Waals surface area contributed by atoms with Gasteiger partial charge in [-0.2, -0.15) is 0 Å². The molecule has 2 rings (SSSR count). The summed E-state index contributed by atoms with van der Waals surface area (Å²) in [6, 6.07) is 5.90. The van der Waals surface area contributed by atoms with Crippen LogP contribution in [0.15, 0.2) is 22.7 Å². The van der Waals surface area contributed by atoms with Crippen molar-refractivity contribution in [3.05, 3.63) is 28.2 Å². The van der Waals surface area contributed by atoms with Crippen molar-refractivity contribution >= 4 is 15.9 Å². The minimum absolute atomic E-state index is 0.338. The van der Waals surface area contributed by atoms with Crippen LogP contribution in [0.1, 0.15) is 5.56 Å². The van der Waals surface area contributed by atoms with Crippen molar-refractivity contribution < 1.29 is 14.2 Å². The van der Waals surface area contributed by atoms with Gasteiger partial charge in [-0.1, -0.05) is 15.9 Å². The monoisotopic (exact) mass is 272 g/mol. The number of hydrogen-bond donors (Lipinski definition) is 0. The van der Waals surface area contributed by atoms with Gasteiger partial charge in [0.1, 0.15) is 11.4 Å². The molecular formula is C11H13BrO3. The molecule has 0 N–H and O–H groups in total. The smallest absolute Gasteiger partial charge is 0.143 e. The largest absolute Gasteiger partial charge is 0.496 e. The van der Waals surface area contributed by atoms with Gasteiger partial charge < -0.3 is 14.2 Å². The maximum atomic E-state index is 5.53. The van der Waals surface area contributed by atoms with Crippen molar-refractivity contribution in [2.75, 3.05) is 27.4 Å². The first-order valence-electron chi connectivity index (χ1n) is 4.69. The molecule has 0 amide bonds. The molecule has 1 saturated heterocycles. The second kappa shape index (κ2) is 4.12. The lowest BCUT2D eigenvalue weighted by Crippen LogP contribution is -2.48. The Bertz CT molecular complexity index is 355. The molecule has 15 heavy (non-hydrogen) atoms. The summed E-state index contributed by atoms with van der Waals surface area (Å²) in [5, 5.41) is 0. The van der Waals surface area contributed by atoms with E-state index >= 15 is 0 Å². The summed E-state index contributed by atoms with van der Waals surface area (Å²) in [6.45, 7) is 1.16. The highest BCUT2D eigenvalue weighted by atomic mass is 79.9. The zero-order valence-corrected chi connectivity index (χ0v) is 10.3. The van der Waals surface area contributed by atoms with E-state index in [1.807, 2.05) is 18.2 Å². The molecule has 0 aliphatic carbocycles. The molecule has 1 aliphatic rings. The van der Waals surface area contributed by atoms with Crippen molar-refractivity contribution in [1.82, 2.24) is 0 Å². The number of benzene rings is 1. The van der Waals surface area contributed by atoms with Crippen molar-refractivity contribution in [3.8, 4) is 5.75 Å². The Balaban J connectivity index is 2.44. The molecule has 0 bridgehead atoms. The van der Waals surface area contributed by atoms with Crippen LogP contribution < -0.4 is 4.74 Å². The molecule has 0 saturated carbocycles. The third-order valence-corrected chi connectivity index (χ3v) is 3.21. The van der Waals surface area contributed by atoms with Crippen molar-refractivity contribution in [3.63, 3.8) is 0 Å². The predicted molar refractivity (Wildman–Crippen MR) is 60.2 cm³/mol. The summed E-state index contributed by atoms with van der Waals surface area (Å²) in [4.78, 5) is 0. The summed E-state index contributed by atoms with van der Waals surface area (Å²) in [5.74, 6) is 0.836. The minimum atomic E-state index is -0.338. The highest BCUT2D eigenvalue weighted by Gasteiger charge is 2.42. The molecule has 0 unspecified atom stereocenters. The van der Waals surface area contributed by atoms with Gasteiger partial charge in [-0.3, -0.25) is 0 Å². The molecule has 1 aliphatic heterocycles. The zero-order chi connectivity index (χ0) is 10.9. The van der Waals surface area contributed by atoms with Crippen LogP contribution in [0.25, 0.3) is 0 Å². The second-order valence-electron chi connectivity index (χ2n) is 3.54. The van der Waals surface area contributed by atoms with Crippen molar-refractivity contribution in [1.29, 1.82) is 0 Å². The molecule has 3 nitrogen and oxygen atoms in total. The number of halogens is 1. The highest BCUT2D eigenvalue weighted by molar-refractivity contribution is 9.10. The van der Waals surface area contributed by atoms with Gasteiger partial charge in [0.05, 0.1) is 20.3 Å². The lowest BCUT2D eigenvalue weighted by atomic mass is 9.91. The first kappa shape index (κ1) is 10.9. The van der Waals surface area contributed by atoms with Crippen molar-refractivity contribution in [2.24, 2.45) is 0 Å². The molecule has 82 valence electrons. The van der Waals surface area contributed by atoms with Crippen LogP contribution in [0, 0.1) is 0 Å². The van der Waals surface area contributed by atoms with E-state index in [0.717, 1.165) is 15.8 Å². The maximum absolute atomic E-state index is 5.53. The molecule has 0 radical (unpaired) electrons. The van der Waals surface area contributed by atoms with Crippen LogP contribution in [-0.4, -0.2) is 27.4 Å². The summed E-state index contributed by atoms with van der Waals surface area (Å²) in [7, 11) is 3.36. The van der Waals surface area contributed by atoms with Gasteiger partial charge in [0.25, 0.3) is 0 Å². The number of hydrogen-bond acceptors (Lipinski definition) is 3. The Morgan fingerprint density at radius 1 is 1.33 bits per heavy atom. The van der Waals surface area contributed by atoms with Gasteiger partial charge in [0, 0.05) is 17.1 Å². The number of ether oxygens (including phenoxy) is 3. The standard InChI is InChI=1S/C11H13BrO3/c1-13-10-4-3-8(12)5-9(10)11(14-2)6-15-7-11/h3-5H,6-7H2,1-2H3. The molecule has 4 heteroatoms. The van der Waals surface area contributed by atoms with Gasteiger partial charge in [-0.15, -0.1) is 0 Å². The van der Waals surface area contributed by atoms with E-state index in [9.17, 15) is 0 Å².